The van der Waals surface area contributed by atoms with Gasteiger partial charge in [-0.25, -0.2) is 0 Å². The summed E-state index contributed by atoms with van der Waals surface area (Å²) in [6, 6.07) is 11.9. The summed E-state index contributed by atoms with van der Waals surface area (Å²) in [5.41, 5.74) is 2.86. The first-order valence-corrected chi connectivity index (χ1v) is 11.8. The smallest absolute Gasteiger partial charge is 0.295 e. The number of Topliss-reactive ketones (excluding diaryl/α,β-unsaturated/α-hetero) is 1. The van der Waals surface area contributed by atoms with Crippen LogP contribution in [-0.2, 0) is 14.3 Å². The SMILES string of the molecule is Cc1ccc(O)c(C(O)=C2C(=O)C(=O)N(CCN3CCOCC3)C2c2ccc(C(C)C)cc2)c1. The monoisotopic (exact) mass is 464 g/mol. The fourth-order valence-electron chi connectivity index (χ4n) is 4.58. The number of hydrogen-bond donors (Lipinski definition) is 2. The lowest BCUT2D eigenvalue weighted by molar-refractivity contribution is -0.140. The molecule has 4 rings (SSSR count). The highest BCUT2D eigenvalue weighted by atomic mass is 16.5. The highest BCUT2D eigenvalue weighted by molar-refractivity contribution is 6.46. The van der Waals surface area contributed by atoms with Crippen LogP contribution in [0.2, 0.25) is 0 Å². The number of aliphatic hydroxyl groups excluding tert-OH is 1. The van der Waals surface area contributed by atoms with E-state index < -0.39 is 17.7 Å². The number of phenolic OH excluding ortho intramolecular Hbond substituents is 1. The Morgan fingerprint density at radius 2 is 1.74 bits per heavy atom. The third-order valence-electron chi connectivity index (χ3n) is 6.63. The van der Waals surface area contributed by atoms with E-state index in [-0.39, 0.29) is 22.6 Å². The van der Waals surface area contributed by atoms with E-state index >= 15 is 0 Å². The molecule has 0 aromatic heterocycles. The van der Waals surface area contributed by atoms with Crippen LogP contribution in [0.1, 0.15) is 48.1 Å². The standard InChI is InChI=1S/C27H32N2O5/c1-17(2)19-5-7-20(8-6-19)24-23(25(31)21-16-18(3)4-9-22(21)30)26(32)27(33)29(24)11-10-28-12-14-34-15-13-28/h4-9,16-17,24,30-31H,10-15H2,1-3H3. The second kappa shape index (κ2) is 9.99. The van der Waals surface area contributed by atoms with Gasteiger partial charge in [0.05, 0.1) is 30.4 Å². The molecule has 0 radical (unpaired) electrons. The van der Waals surface area contributed by atoms with Gasteiger partial charge in [-0.3, -0.25) is 14.5 Å². The molecule has 2 aliphatic heterocycles. The number of carbonyl (C=O) groups is 2. The number of rotatable bonds is 6. The summed E-state index contributed by atoms with van der Waals surface area (Å²) in [4.78, 5) is 30.1. The number of nitrogens with zero attached hydrogens (tertiary/aromatic N) is 2. The van der Waals surface area contributed by atoms with E-state index in [4.69, 9.17) is 4.74 Å². The number of ether oxygens (including phenoxy) is 1. The number of aryl methyl sites for hydroxylation is 1. The van der Waals surface area contributed by atoms with Gasteiger partial charge in [-0.15, -0.1) is 0 Å². The van der Waals surface area contributed by atoms with Crippen LogP contribution >= 0.6 is 0 Å². The van der Waals surface area contributed by atoms with E-state index in [0.717, 1.165) is 29.8 Å². The predicted octanol–water partition coefficient (Wildman–Crippen LogP) is 3.58. The summed E-state index contributed by atoms with van der Waals surface area (Å²) in [5.74, 6) is -1.54. The van der Waals surface area contributed by atoms with E-state index in [1.165, 1.54) is 6.07 Å². The van der Waals surface area contributed by atoms with Crippen molar-refractivity contribution in [1.82, 2.24) is 9.80 Å². The highest BCUT2D eigenvalue weighted by Crippen LogP contribution is 2.41. The molecule has 7 heteroatoms. The minimum absolute atomic E-state index is 0.00479. The van der Waals surface area contributed by atoms with Crippen LogP contribution in [0.5, 0.6) is 5.75 Å². The van der Waals surface area contributed by atoms with Crippen LogP contribution in [0.4, 0.5) is 0 Å². The number of aromatic hydroxyl groups is 1. The molecule has 7 nitrogen and oxygen atoms in total. The molecule has 2 aromatic rings. The van der Waals surface area contributed by atoms with Crippen molar-refractivity contribution in [2.75, 3.05) is 39.4 Å². The maximum atomic E-state index is 13.2. The average Bonchev–Trinajstić information content (AvgIpc) is 3.09. The molecule has 1 atom stereocenters. The largest absolute Gasteiger partial charge is 0.507 e. The Morgan fingerprint density at radius 3 is 2.38 bits per heavy atom. The van der Waals surface area contributed by atoms with Crippen molar-refractivity contribution in [2.24, 2.45) is 0 Å². The Hall–Kier alpha value is -3.16. The van der Waals surface area contributed by atoms with E-state index in [1.807, 2.05) is 31.2 Å². The maximum absolute atomic E-state index is 13.2. The number of benzene rings is 2. The molecule has 34 heavy (non-hydrogen) atoms. The Morgan fingerprint density at radius 1 is 1.06 bits per heavy atom. The average molecular weight is 465 g/mol. The number of hydrogen-bond acceptors (Lipinski definition) is 6. The molecule has 2 N–H and O–H groups in total. The van der Waals surface area contributed by atoms with Gasteiger partial charge in [0.2, 0.25) is 0 Å². The lowest BCUT2D eigenvalue weighted by atomic mass is 9.92. The van der Waals surface area contributed by atoms with Gasteiger partial charge in [0.15, 0.2) is 0 Å². The van der Waals surface area contributed by atoms with Crippen molar-refractivity contribution in [3.63, 3.8) is 0 Å². The third-order valence-corrected chi connectivity index (χ3v) is 6.63. The molecule has 1 amide bonds. The van der Waals surface area contributed by atoms with E-state index in [1.54, 1.807) is 17.0 Å². The normalized spacial score (nSPS) is 20.9. The van der Waals surface area contributed by atoms with Crippen LogP contribution in [0.3, 0.4) is 0 Å². The topological polar surface area (TPSA) is 90.3 Å². The summed E-state index contributed by atoms with van der Waals surface area (Å²) < 4.78 is 5.41. The van der Waals surface area contributed by atoms with Crippen LogP contribution in [0.25, 0.3) is 5.76 Å². The van der Waals surface area contributed by atoms with Gasteiger partial charge in [0.25, 0.3) is 11.7 Å². The molecule has 0 aliphatic carbocycles. The first kappa shape index (κ1) is 24.0. The molecular weight excluding hydrogens is 432 g/mol. The van der Waals surface area contributed by atoms with Crippen molar-refractivity contribution in [3.05, 3.63) is 70.3 Å². The first-order valence-electron chi connectivity index (χ1n) is 11.8. The number of ketones is 1. The number of carbonyl (C=O) groups excluding carboxylic acids is 2. The molecule has 2 aromatic carbocycles. The van der Waals surface area contributed by atoms with E-state index in [2.05, 4.69) is 18.7 Å². The quantitative estimate of drug-likeness (QED) is 0.386. The van der Waals surface area contributed by atoms with Gasteiger partial charge in [-0.1, -0.05) is 49.7 Å². The number of aliphatic hydroxyl groups is 1. The number of morpholine rings is 1. The fraction of sp³-hybridized carbons (Fsp3) is 0.407. The zero-order chi connectivity index (χ0) is 24.4. The van der Waals surface area contributed by atoms with Gasteiger partial charge < -0.3 is 19.8 Å². The molecule has 2 saturated heterocycles. The second-order valence-corrected chi connectivity index (χ2v) is 9.29. The summed E-state index contributed by atoms with van der Waals surface area (Å²) >= 11 is 0. The zero-order valence-corrected chi connectivity index (χ0v) is 20.0. The molecular formula is C27H32N2O5. The second-order valence-electron chi connectivity index (χ2n) is 9.29. The van der Waals surface area contributed by atoms with Crippen LogP contribution in [-0.4, -0.2) is 71.1 Å². The molecule has 1 unspecified atom stereocenters. The summed E-state index contributed by atoms with van der Waals surface area (Å²) in [6.07, 6.45) is 0. The molecule has 0 saturated carbocycles. The molecule has 2 aliphatic rings. The Kier molecular flexibility index (Phi) is 7.05. The van der Waals surface area contributed by atoms with Gasteiger partial charge in [-0.05, 0) is 36.1 Å². The fourth-order valence-corrected chi connectivity index (χ4v) is 4.58. The number of likely N-dealkylation sites (tertiary alicyclic amines) is 1. The Balaban J connectivity index is 1.77. The van der Waals surface area contributed by atoms with Crippen molar-refractivity contribution >= 4 is 17.4 Å². The Labute approximate surface area is 200 Å². The Bertz CT molecular complexity index is 1100. The predicted molar refractivity (Wildman–Crippen MR) is 130 cm³/mol. The van der Waals surface area contributed by atoms with E-state index in [0.29, 0.717) is 32.2 Å². The molecule has 0 bridgehead atoms. The molecule has 2 heterocycles. The highest BCUT2D eigenvalue weighted by Gasteiger charge is 2.46. The van der Waals surface area contributed by atoms with Crippen LogP contribution in [0.15, 0.2) is 48.0 Å². The van der Waals surface area contributed by atoms with Gasteiger partial charge in [-0.2, -0.15) is 0 Å². The molecule has 2 fully saturated rings. The minimum Gasteiger partial charge on any atom is -0.507 e. The van der Waals surface area contributed by atoms with Crippen molar-refractivity contribution < 1.29 is 24.5 Å². The lowest BCUT2D eigenvalue weighted by Gasteiger charge is -2.31. The van der Waals surface area contributed by atoms with Gasteiger partial charge in [0.1, 0.15) is 11.5 Å². The van der Waals surface area contributed by atoms with Crippen LogP contribution < -0.4 is 0 Å². The maximum Gasteiger partial charge on any atom is 0.295 e. The van der Waals surface area contributed by atoms with Crippen LogP contribution in [0, 0.1) is 6.92 Å². The van der Waals surface area contributed by atoms with Crippen molar-refractivity contribution in [1.29, 1.82) is 0 Å². The van der Waals surface area contributed by atoms with Gasteiger partial charge in [0, 0.05) is 26.2 Å². The molecule has 180 valence electrons. The molecule has 0 spiro atoms. The summed E-state index contributed by atoms with van der Waals surface area (Å²) in [6.45, 7) is 9.82. The van der Waals surface area contributed by atoms with E-state index in [9.17, 15) is 19.8 Å². The summed E-state index contributed by atoms with van der Waals surface area (Å²) in [5, 5.41) is 21.6. The van der Waals surface area contributed by atoms with Gasteiger partial charge >= 0.3 is 0 Å². The summed E-state index contributed by atoms with van der Waals surface area (Å²) in [7, 11) is 0. The van der Waals surface area contributed by atoms with Crippen molar-refractivity contribution in [3.8, 4) is 5.75 Å². The zero-order valence-electron chi connectivity index (χ0n) is 20.0. The lowest BCUT2D eigenvalue weighted by Crippen LogP contribution is -2.42. The first-order chi connectivity index (χ1) is 16.3. The number of amides is 1. The number of phenols is 1. The third kappa shape index (κ3) is 4.72. The van der Waals surface area contributed by atoms with Crippen molar-refractivity contribution in [2.45, 2.75) is 32.7 Å². The minimum atomic E-state index is -0.738.